The van der Waals surface area contributed by atoms with Gasteiger partial charge < -0.3 is 10.6 Å². The van der Waals surface area contributed by atoms with Crippen molar-refractivity contribution in [1.82, 2.24) is 24.1 Å². The van der Waals surface area contributed by atoms with Gasteiger partial charge in [0.25, 0.3) is 5.56 Å². The van der Waals surface area contributed by atoms with Gasteiger partial charge in [-0.2, -0.15) is 23.4 Å². The molecule has 0 bridgehead atoms. The molecule has 8 nitrogen and oxygen atoms in total. The summed E-state index contributed by atoms with van der Waals surface area (Å²) in [7, 11) is 3.44. The molecule has 0 aliphatic heterocycles. The monoisotopic (exact) mass is 547 g/mol. The molecule has 12 heteroatoms. The highest BCUT2D eigenvalue weighted by atomic mass is 35.5. The van der Waals surface area contributed by atoms with Crippen LogP contribution in [0.2, 0.25) is 5.02 Å². The number of halogens is 4. The number of rotatable bonds is 8. The molecule has 3 heterocycles. The molecule has 0 radical (unpaired) electrons. The lowest BCUT2D eigenvalue weighted by molar-refractivity contribution is -0.137. The predicted molar refractivity (Wildman–Crippen MR) is 143 cm³/mol. The number of hydrogen-bond acceptors (Lipinski definition) is 5. The first-order chi connectivity index (χ1) is 17.8. The summed E-state index contributed by atoms with van der Waals surface area (Å²) in [6, 6.07) is 4.43. The molecule has 4 aromatic rings. The zero-order valence-electron chi connectivity index (χ0n) is 21.6. The predicted octanol–water partition coefficient (Wildman–Crippen LogP) is 5.51. The lowest BCUT2D eigenvalue weighted by atomic mass is 9.99. The topological polar surface area (TPSA) is 81.7 Å². The van der Waals surface area contributed by atoms with Crippen LogP contribution in [-0.2, 0) is 26.7 Å². The average molecular weight is 548 g/mol. The van der Waals surface area contributed by atoms with E-state index in [0.717, 1.165) is 39.2 Å². The van der Waals surface area contributed by atoms with Crippen molar-refractivity contribution in [3.8, 4) is 16.8 Å². The van der Waals surface area contributed by atoms with Gasteiger partial charge in [0, 0.05) is 55.9 Å². The van der Waals surface area contributed by atoms with Gasteiger partial charge >= 0.3 is 6.18 Å². The van der Waals surface area contributed by atoms with Crippen LogP contribution >= 0.6 is 11.6 Å². The van der Waals surface area contributed by atoms with Crippen LogP contribution in [0.3, 0.4) is 0 Å². The van der Waals surface area contributed by atoms with Gasteiger partial charge in [-0.15, -0.1) is 0 Å². The Morgan fingerprint density at radius 2 is 1.63 bits per heavy atom. The summed E-state index contributed by atoms with van der Waals surface area (Å²) in [5, 5.41) is 15.1. The molecule has 0 aliphatic carbocycles. The Balaban J connectivity index is 1.69. The second-order valence-corrected chi connectivity index (χ2v) is 10.0. The fourth-order valence-corrected chi connectivity index (χ4v) is 4.50. The van der Waals surface area contributed by atoms with Gasteiger partial charge in [0.05, 0.1) is 34.4 Å². The highest BCUT2D eigenvalue weighted by Crippen LogP contribution is 2.36. The van der Waals surface area contributed by atoms with E-state index in [-0.39, 0.29) is 23.5 Å². The highest BCUT2D eigenvalue weighted by molar-refractivity contribution is 6.36. The summed E-state index contributed by atoms with van der Waals surface area (Å²) < 4.78 is 45.1. The van der Waals surface area contributed by atoms with Crippen molar-refractivity contribution >= 4 is 23.0 Å². The van der Waals surface area contributed by atoms with Crippen molar-refractivity contribution in [2.24, 2.45) is 14.1 Å². The van der Waals surface area contributed by atoms with Crippen LogP contribution < -0.4 is 16.2 Å². The minimum Gasteiger partial charge on any atom is -0.382 e. The summed E-state index contributed by atoms with van der Waals surface area (Å²) in [6.07, 6.45) is 2.96. The van der Waals surface area contributed by atoms with E-state index in [1.807, 2.05) is 46.1 Å². The van der Waals surface area contributed by atoms with E-state index >= 15 is 0 Å². The number of anilines is 2. The number of hydrogen-bond donors (Lipinski definition) is 2. The van der Waals surface area contributed by atoms with E-state index in [0.29, 0.717) is 11.4 Å². The van der Waals surface area contributed by atoms with Crippen LogP contribution in [0.1, 0.15) is 31.9 Å². The van der Waals surface area contributed by atoms with Crippen molar-refractivity contribution < 1.29 is 13.2 Å². The fraction of sp³-hybridized carbons (Fsp3) is 0.346. The number of benzene rings is 1. The summed E-state index contributed by atoms with van der Waals surface area (Å²) in [6.45, 7) is 5.80. The van der Waals surface area contributed by atoms with Gasteiger partial charge in [0.1, 0.15) is 5.69 Å². The van der Waals surface area contributed by atoms with Crippen LogP contribution in [0.4, 0.5) is 24.5 Å². The first-order valence-electron chi connectivity index (χ1n) is 12.0. The molecule has 2 N–H and O–H groups in total. The number of pyridine rings is 1. The van der Waals surface area contributed by atoms with Crippen LogP contribution in [0, 0.1) is 0 Å². The first-order valence-corrected chi connectivity index (χ1v) is 12.4. The minimum atomic E-state index is -4.64. The highest BCUT2D eigenvalue weighted by Gasteiger charge is 2.32. The second-order valence-electron chi connectivity index (χ2n) is 9.64. The molecule has 0 saturated heterocycles. The Bertz CT molecular complexity index is 1500. The molecule has 202 valence electrons. The van der Waals surface area contributed by atoms with E-state index in [2.05, 4.69) is 20.8 Å². The smallest absolute Gasteiger partial charge is 0.382 e. The normalized spacial score (nSPS) is 12.7. The Kier molecular flexibility index (Phi) is 7.59. The fourth-order valence-electron chi connectivity index (χ4n) is 4.22. The molecular formula is C26H29ClF3N7O. The van der Waals surface area contributed by atoms with E-state index < -0.39 is 17.3 Å². The van der Waals surface area contributed by atoms with Crippen molar-refractivity contribution in [2.45, 2.75) is 45.5 Å². The molecule has 3 aromatic heterocycles. The Morgan fingerprint density at radius 3 is 2.21 bits per heavy atom. The molecule has 38 heavy (non-hydrogen) atoms. The third-order valence-electron chi connectivity index (χ3n) is 5.85. The van der Waals surface area contributed by atoms with Gasteiger partial charge in [-0.05, 0) is 51.0 Å². The second kappa shape index (κ2) is 10.6. The van der Waals surface area contributed by atoms with Gasteiger partial charge in [-0.1, -0.05) is 11.6 Å². The van der Waals surface area contributed by atoms with Crippen LogP contribution in [0.5, 0.6) is 0 Å². The van der Waals surface area contributed by atoms with Gasteiger partial charge in [-0.3, -0.25) is 18.7 Å². The zero-order valence-corrected chi connectivity index (χ0v) is 22.4. The lowest BCUT2D eigenvalue weighted by Gasteiger charge is -2.20. The van der Waals surface area contributed by atoms with Crippen LogP contribution in [0.15, 0.2) is 54.0 Å². The number of alkyl halides is 3. The van der Waals surface area contributed by atoms with Crippen molar-refractivity contribution in [3.05, 3.63) is 75.7 Å². The number of nitrogens with zero attached hydrogens (tertiary/aromatic N) is 5. The maximum absolute atomic E-state index is 13.7. The van der Waals surface area contributed by atoms with Crippen molar-refractivity contribution in [3.63, 3.8) is 0 Å². The summed E-state index contributed by atoms with van der Waals surface area (Å²) in [4.78, 5) is 13.2. The molecule has 1 atom stereocenters. The number of nitrogens with one attached hydrogen (secondary N) is 2. The average Bonchev–Trinajstić information content (AvgIpc) is 3.44. The summed E-state index contributed by atoms with van der Waals surface area (Å²) >= 11 is 6.72. The van der Waals surface area contributed by atoms with E-state index in [1.54, 1.807) is 17.9 Å². The molecule has 0 saturated carbocycles. The van der Waals surface area contributed by atoms with Crippen molar-refractivity contribution in [2.75, 3.05) is 10.6 Å². The van der Waals surface area contributed by atoms with Crippen LogP contribution in [-0.4, -0.2) is 36.2 Å². The molecule has 1 aromatic carbocycles. The maximum atomic E-state index is 13.7. The molecular weight excluding hydrogens is 519 g/mol. The first kappa shape index (κ1) is 27.3. The Labute approximate surface area is 223 Å². The minimum absolute atomic E-state index is 0.121. The lowest BCUT2D eigenvalue weighted by Crippen LogP contribution is -2.28. The molecule has 0 spiro atoms. The SMILES string of the molecule is CC(C)Nc1cc(CC(C)Nc2cc(C(F)(F)F)cn(-c3cnn(C)c3)c2=O)cc(-c2cnn(C)c2)c1Cl. The molecule has 1 unspecified atom stereocenters. The summed E-state index contributed by atoms with van der Waals surface area (Å²) in [5.41, 5.74) is 1.78. The van der Waals surface area contributed by atoms with Crippen molar-refractivity contribution in [1.29, 1.82) is 0 Å². The van der Waals surface area contributed by atoms with Crippen LogP contribution in [0.25, 0.3) is 16.8 Å². The Morgan fingerprint density at radius 1 is 0.947 bits per heavy atom. The molecule has 4 rings (SSSR count). The molecule has 0 fully saturated rings. The largest absolute Gasteiger partial charge is 0.417 e. The third-order valence-corrected chi connectivity index (χ3v) is 6.26. The maximum Gasteiger partial charge on any atom is 0.417 e. The standard InChI is InChI=1S/C26H29ClF3N7O/c1-15(2)33-22-8-17(7-21(24(22)27)18-10-31-35(4)12-18)6-16(3)34-23-9-19(26(28,29)30)13-37(25(23)38)20-11-32-36(5)14-20/h7-16,33-34H,6H2,1-5H3. The molecule has 0 aliphatic rings. The zero-order chi connectivity index (χ0) is 27.8. The van der Waals surface area contributed by atoms with E-state index in [4.69, 9.17) is 11.6 Å². The molecule has 0 amide bonds. The quantitative estimate of drug-likeness (QED) is 0.304. The van der Waals surface area contributed by atoms with E-state index in [9.17, 15) is 18.0 Å². The number of aryl methyl sites for hydroxylation is 2. The van der Waals surface area contributed by atoms with E-state index in [1.165, 1.54) is 17.1 Å². The third kappa shape index (κ3) is 6.04. The van der Waals surface area contributed by atoms with Gasteiger partial charge in [0.2, 0.25) is 0 Å². The summed E-state index contributed by atoms with van der Waals surface area (Å²) in [5.74, 6) is 0. The Hall–Kier alpha value is -3.73. The van der Waals surface area contributed by atoms with Gasteiger partial charge in [-0.25, -0.2) is 0 Å². The number of aromatic nitrogens is 5. The van der Waals surface area contributed by atoms with Gasteiger partial charge in [0.15, 0.2) is 0 Å².